The van der Waals surface area contributed by atoms with Gasteiger partial charge < -0.3 is 4.79 Å². The standard InChI is InChI=1S/C25H33NO/c1-2-4-20-5-7-21(8-6-20)22-9-11-23(12-10-22)24-13-16-25(19-27,17-14-24)15-3-18-26/h3,5-8,15,19,22-24H,2,4,9-14,16-17H2,1H3/t22-,23-,24-,25+. The Morgan fingerprint density at radius 2 is 1.67 bits per heavy atom. The van der Waals surface area contributed by atoms with Crippen LogP contribution in [0.1, 0.15) is 81.8 Å². The molecule has 0 saturated heterocycles. The molecule has 144 valence electrons. The Hall–Kier alpha value is -1.88. The molecular weight excluding hydrogens is 330 g/mol. The molecule has 2 nitrogen and oxygen atoms in total. The molecule has 1 aromatic rings. The lowest BCUT2D eigenvalue weighted by atomic mass is 9.64. The van der Waals surface area contributed by atoms with Gasteiger partial charge >= 0.3 is 0 Å². The summed E-state index contributed by atoms with van der Waals surface area (Å²) in [5.74, 6) is 2.32. The third kappa shape index (κ3) is 4.89. The summed E-state index contributed by atoms with van der Waals surface area (Å²) >= 11 is 0. The van der Waals surface area contributed by atoms with Gasteiger partial charge in [-0.25, -0.2) is 0 Å². The number of nitriles is 1. The van der Waals surface area contributed by atoms with Gasteiger partial charge in [0.2, 0.25) is 0 Å². The molecule has 0 atom stereocenters. The van der Waals surface area contributed by atoms with E-state index < -0.39 is 0 Å². The molecule has 0 bridgehead atoms. The maximum atomic E-state index is 11.6. The molecule has 0 aromatic heterocycles. The number of carbonyl (C=O) groups excluding carboxylic acids is 1. The predicted molar refractivity (Wildman–Crippen MR) is 110 cm³/mol. The van der Waals surface area contributed by atoms with Crippen LogP contribution in [0.5, 0.6) is 0 Å². The van der Waals surface area contributed by atoms with Gasteiger partial charge in [0.25, 0.3) is 0 Å². The summed E-state index contributed by atoms with van der Waals surface area (Å²) in [6.07, 6.45) is 16.2. The van der Waals surface area contributed by atoms with Crippen molar-refractivity contribution in [3.05, 3.63) is 47.5 Å². The van der Waals surface area contributed by atoms with E-state index in [2.05, 4.69) is 31.2 Å². The van der Waals surface area contributed by atoms with Gasteiger partial charge in [-0.15, -0.1) is 0 Å². The number of aldehydes is 1. The molecule has 1 aromatic carbocycles. The zero-order valence-corrected chi connectivity index (χ0v) is 16.7. The van der Waals surface area contributed by atoms with Gasteiger partial charge in [-0.1, -0.05) is 43.7 Å². The summed E-state index contributed by atoms with van der Waals surface area (Å²) < 4.78 is 0. The van der Waals surface area contributed by atoms with Gasteiger partial charge in [0.15, 0.2) is 0 Å². The monoisotopic (exact) mass is 363 g/mol. The zero-order valence-electron chi connectivity index (χ0n) is 16.7. The highest BCUT2D eigenvalue weighted by atomic mass is 16.1. The summed E-state index contributed by atoms with van der Waals surface area (Å²) in [7, 11) is 0. The molecule has 0 aliphatic heterocycles. The first-order valence-corrected chi connectivity index (χ1v) is 10.8. The van der Waals surface area contributed by atoms with E-state index in [1.165, 1.54) is 55.7 Å². The summed E-state index contributed by atoms with van der Waals surface area (Å²) in [5, 5.41) is 8.77. The largest absolute Gasteiger partial charge is 0.302 e. The van der Waals surface area contributed by atoms with Gasteiger partial charge in [0.1, 0.15) is 6.29 Å². The smallest absolute Gasteiger partial charge is 0.129 e. The highest BCUT2D eigenvalue weighted by molar-refractivity contribution is 5.63. The molecule has 27 heavy (non-hydrogen) atoms. The molecule has 2 aliphatic carbocycles. The second-order valence-electron chi connectivity index (χ2n) is 8.75. The average molecular weight is 364 g/mol. The maximum absolute atomic E-state index is 11.6. The van der Waals surface area contributed by atoms with Gasteiger partial charge in [-0.05, 0) is 86.7 Å². The Morgan fingerprint density at radius 3 is 2.22 bits per heavy atom. The van der Waals surface area contributed by atoms with Crippen molar-refractivity contribution < 1.29 is 4.79 Å². The minimum Gasteiger partial charge on any atom is -0.302 e. The lowest BCUT2D eigenvalue weighted by Crippen LogP contribution is -2.31. The third-order valence-electron chi connectivity index (χ3n) is 7.11. The van der Waals surface area contributed by atoms with Crippen LogP contribution < -0.4 is 0 Å². The summed E-state index contributed by atoms with van der Waals surface area (Å²) in [4.78, 5) is 11.6. The van der Waals surface area contributed by atoms with Gasteiger partial charge in [0.05, 0.1) is 6.07 Å². The highest BCUT2D eigenvalue weighted by Gasteiger charge is 2.37. The van der Waals surface area contributed by atoms with Crippen molar-refractivity contribution >= 4 is 6.29 Å². The molecule has 2 fully saturated rings. The van der Waals surface area contributed by atoms with E-state index in [1.807, 2.05) is 12.1 Å². The van der Waals surface area contributed by atoms with Crippen molar-refractivity contribution in [2.75, 3.05) is 0 Å². The number of aryl methyl sites for hydroxylation is 1. The predicted octanol–water partition coefficient (Wildman–Crippen LogP) is 6.37. The van der Waals surface area contributed by atoms with E-state index in [9.17, 15) is 4.79 Å². The number of rotatable bonds is 6. The molecule has 0 spiro atoms. The van der Waals surface area contributed by atoms with E-state index in [4.69, 9.17) is 5.26 Å². The molecule has 2 saturated carbocycles. The van der Waals surface area contributed by atoms with E-state index >= 15 is 0 Å². The van der Waals surface area contributed by atoms with Gasteiger partial charge in [-0.2, -0.15) is 5.26 Å². The summed E-state index contributed by atoms with van der Waals surface area (Å²) in [6.45, 7) is 2.24. The molecule has 3 rings (SSSR count). The average Bonchev–Trinajstić information content (AvgIpc) is 2.74. The quantitative estimate of drug-likeness (QED) is 0.435. The number of allylic oxidation sites excluding steroid dienone is 2. The van der Waals surface area contributed by atoms with Crippen molar-refractivity contribution in [1.29, 1.82) is 5.26 Å². The van der Waals surface area contributed by atoms with E-state index in [0.717, 1.165) is 49.7 Å². The third-order valence-corrected chi connectivity index (χ3v) is 7.11. The fraction of sp³-hybridized carbons (Fsp3) is 0.600. The van der Waals surface area contributed by atoms with Crippen molar-refractivity contribution in [3.63, 3.8) is 0 Å². The van der Waals surface area contributed by atoms with Crippen LogP contribution in [0, 0.1) is 28.6 Å². The Bertz CT molecular complexity index is 665. The first-order chi connectivity index (χ1) is 13.2. The Kier molecular flexibility index (Phi) is 6.89. The van der Waals surface area contributed by atoms with Crippen LogP contribution in [-0.2, 0) is 11.2 Å². The Morgan fingerprint density at radius 1 is 1.04 bits per heavy atom. The molecule has 0 N–H and O–H groups in total. The second-order valence-corrected chi connectivity index (χ2v) is 8.75. The fourth-order valence-electron chi connectivity index (χ4n) is 5.35. The lowest BCUT2D eigenvalue weighted by Gasteiger charge is -2.40. The van der Waals surface area contributed by atoms with E-state index in [1.54, 1.807) is 0 Å². The Balaban J connectivity index is 1.50. The van der Waals surface area contributed by atoms with Gasteiger partial charge in [-0.3, -0.25) is 0 Å². The molecular formula is C25H33NO. The van der Waals surface area contributed by atoms with Gasteiger partial charge in [0, 0.05) is 11.5 Å². The van der Waals surface area contributed by atoms with Crippen molar-refractivity contribution in [2.45, 2.75) is 77.0 Å². The van der Waals surface area contributed by atoms with Crippen LogP contribution in [0.2, 0.25) is 0 Å². The number of benzene rings is 1. The number of nitrogens with zero attached hydrogens (tertiary/aromatic N) is 1. The molecule has 2 aliphatic rings. The van der Waals surface area contributed by atoms with E-state index in [-0.39, 0.29) is 5.41 Å². The Labute approximate surface area is 164 Å². The molecule has 0 amide bonds. The van der Waals surface area contributed by atoms with Crippen molar-refractivity contribution in [1.82, 2.24) is 0 Å². The topological polar surface area (TPSA) is 40.9 Å². The first-order valence-electron chi connectivity index (χ1n) is 10.8. The number of hydrogen-bond acceptors (Lipinski definition) is 2. The minimum absolute atomic E-state index is 0.371. The van der Waals surface area contributed by atoms with Crippen LogP contribution in [0.3, 0.4) is 0 Å². The van der Waals surface area contributed by atoms with Crippen LogP contribution in [-0.4, -0.2) is 6.29 Å². The molecule has 2 heteroatoms. The van der Waals surface area contributed by atoms with Crippen molar-refractivity contribution in [2.24, 2.45) is 17.3 Å². The summed E-state index contributed by atoms with van der Waals surface area (Å²) in [6, 6.07) is 11.4. The highest BCUT2D eigenvalue weighted by Crippen LogP contribution is 2.47. The minimum atomic E-state index is -0.371. The summed E-state index contributed by atoms with van der Waals surface area (Å²) in [5.41, 5.74) is 2.61. The molecule has 0 radical (unpaired) electrons. The first kappa shape index (κ1) is 19.9. The van der Waals surface area contributed by atoms with E-state index in [0.29, 0.717) is 0 Å². The molecule has 0 heterocycles. The number of hydrogen-bond donors (Lipinski definition) is 0. The van der Waals surface area contributed by atoms with Crippen LogP contribution in [0.4, 0.5) is 0 Å². The number of carbonyl (C=O) groups is 1. The normalized spacial score (nSPS) is 31.5. The molecule has 0 unspecified atom stereocenters. The maximum Gasteiger partial charge on any atom is 0.129 e. The van der Waals surface area contributed by atoms with Crippen molar-refractivity contribution in [3.8, 4) is 6.07 Å². The fourth-order valence-corrected chi connectivity index (χ4v) is 5.35. The SMILES string of the molecule is CCCc1ccc([C@H]2CC[C@H]([C@H]3CC[C@](C=O)(C=CC#N)CC3)CC2)cc1. The second kappa shape index (κ2) is 9.36. The van der Waals surface area contributed by atoms with Crippen LogP contribution in [0.25, 0.3) is 0 Å². The van der Waals surface area contributed by atoms with Crippen LogP contribution in [0.15, 0.2) is 36.4 Å². The van der Waals surface area contributed by atoms with Crippen LogP contribution >= 0.6 is 0 Å². The lowest BCUT2D eigenvalue weighted by molar-refractivity contribution is -0.116. The zero-order chi connectivity index (χ0) is 19.1.